The molecule has 0 aromatic heterocycles. The number of amides is 1. The Labute approximate surface area is 160 Å². The van der Waals surface area contributed by atoms with E-state index in [0.717, 1.165) is 48.4 Å². The van der Waals surface area contributed by atoms with Crippen LogP contribution in [0.1, 0.15) is 37.3 Å². The Morgan fingerprint density at radius 1 is 1.22 bits per heavy atom. The van der Waals surface area contributed by atoms with Crippen molar-refractivity contribution in [3.63, 3.8) is 0 Å². The number of aryl methyl sites for hydroxylation is 1. The van der Waals surface area contributed by atoms with Crippen LogP contribution in [0.5, 0.6) is 11.5 Å². The predicted molar refractivity (Wildman–Crippen MR) is 107 cm³/mol. The third kappa shape index (κ3) is 4.16. The molecule has 0 radical (unpaired) electrons. The van der Waals surface area contributed by atoms with Crippen LogP contribution in [-0.2, 0) is 11.2 Å². The van der Waals surface area contributed by atoms with Crippen LogP contribution in [0.25, 0.3) is 6.08 Å². The average Bonchev–Trinajstić information content (AvgIpc) is 3.52. The summed E-state index contributed by atoms with van der Waals surface area (Å²) in [6.07, 6.45) is 8.04. The SMILES string of the molecule is COc1ccc(CCC2(C)C=Cc3cc(NC(=O)C4CC4)ccc3O2)cc1. The number of benzene rings is 2. The zero-order valence-electron chi connectivity index (χ0n) is 15.8. The fraction of sp³-hybridized carbons (Fsp3) is 0.348. The zero-order valence-corrected chi connectivity index (χ0v) is 15.8. The summed E-state index contributed by atoms with van der Waals surface area (Å²) in [4.78, 5) is 11.9. The molecule has 1 heterocycles. The molecule has 0 bridgehead atoms. The van der Waals surface area contributed by atoms with Gasteiger partial charge in [0.05, 0.1) is 7.11 Å². The first-order chi connectivity index (χ1) is 13.0. The van der Waals surface area contributed by atoms with Crippen molar-refractivity contribution in [1.29, 1.82) is 0 Å². The normalized spacial score (nSPS) is 20.5. The van der Waals surface area contributed by atoms with Gasteiger partial charge in [0.15, 0.2) is 0 Å². The molecule has 1 N–H and O–H groups in total. The maximum atomic E-state index is 11.9. The maximum absolute atomic E-state index is 11.9. The molecule has 0 saturated heterocycles. The van der Waals surface area contributed by atoms with Gasteiger partial charge in [0.2, 0.25) is 5.91 Å². The molecule has 4 heteroatoms. The molecule has 1 saturated carbocycles. The van der Waals surface area contributed by atoms with Gasteiger partial charge in [-0.15, -0.1) is 0 Å². The Kier molecular flexibility index (Phi) is 4.65. The fourth-order valence-corrected chi connectivity index (χ4v) is 3.31. The third-order valence-electron chi connectivity index (χ3n) is 5.25. The summed E-state index contributed by atoms with van der Waals surface area (Å²) in [6.45, 7) is 2.11. The Hall–Kier alpha value is -2.75. The van der Waals surface area contributed by atoms with Gasteiger partial charge in [-0.2, -0.15) is 0 Å². The minimum absolute atomic E-state index is 0.125. The molecule has 1 unspecified atom stereocenters. The van der Waals surface area contributed by atoms with Gasteiger partial charge in [-0.25, -0.2) is 0 Å². The molecular formula is C23H25NO3. The van der Waals surface area contributed by atoms with E-state index in [4.69, 9.17) is 9.47 Å². The van der Waals surface area contributed by atoms with E-state index in [1.54, 1.807) is 7.11 Å². The van der Waals surface area contributed by atoms with Crippen LogP contribution in [-0.4, -0.2) is 18.6 Å². The number of fused-ring (bicyclic) bond motifs is 1. The number of methoxy groups -OCH3 is 1. The highest BCUT2D eigenvalue weighted by Gasteiger charge is 2.30. The van der Waals surface area contributed by atoms with E-state index in [1.165, 1.54) is 5.56 Å². The molecule has 2 aliphatic rings. The molecule has 140 valence electrons. The van der Waals surface area contributed by atoms with Crippen molar-refractivity contribution in [2.75, 3.05) is 12.4 Å². The quantitative estimate of drug-likeness (QED) is 0.799. The Balaban J connectivity index is 1.40. The molecule has 1 fully saturated rings. The first-order valence-corrected chi connectivity index (χ1v) is 9.51. The van der Waals surface area contributed by atoms with E-state index in [1.807, 2.05) is 30.3 Å². The lowest BCUT2D eigenvalue weighted by Gasteiger charge is -2.32. The van der Waals surface area contributed by atoms with Crippen LogP contribution >= 0.6 is 0 Å². The smallest absolute Gasteiger partial charge is 0.227 e. The van der Waals surface area contributed by atoms with Crippen LogP contribution in [0, 0.1) is 5.92 Å². The summed E-state index contributed by atoms with van der Waals surface area (Å²) in [7, 11) is 1.68. The predicted octanol–water partition coefficient (Wildman–Crippen LogP) is 4.84. The number of hydrogen-bond donors (Lipinski definition) is 1. The summed E-state index contributed by atoms with van der Waals surface area (Å²) in [5, 5.41) is 2.99. The highest BCUT2D eigenvalue weighted by molar-refractivity contribution is 5.94. The fourth-order valence-electron chi connectivity index (χ4n) is 3.31. The maximum Gasteiger partial charge on any atom is 0.227 e. The lowest BCUT2D eigenvalue weighted by atomic mass is 9.93. The molecule has 1 aliphatic carbocycles. The van der Waals surface area contributed by atoms with E-state index < -0.39 is 0 Å². The summed E-state index contributed by atoms with van der Waals surface area (Å²) < 4.78 is 11.5. The van der Waals surface area contributed by atoms with Crippen LogP contribution in [0.4, 0.5) is 5.69 Å². The van der Waals surface area contributed by atoms with Gasteiger partial charge in [-0.1, -0.05) is 18.2 Å². The topological polar surface area (TPSA) is 47.6 Å². The van der Waals surface area contributed by atoms with Crippen molar-refractivity contribution < 1.29 is 14.3 Å². The molecule has 4 nitrogen and oxygen atoms in total. The monoisotopic (exact) mass is 363 g/mol. The Morgan fingerprint density at radius 2 is 2.00 bits per heavy atom. The van der Waals surface area contributed by atoms with E-state index in [2.05, 4.69) is 36.5 Å². The van der Waals surface area contributed by atoms with Gasteiger partial charge in [0, 0.05) is 17.2 Å². The van der Waals surface area contributed by atoms with Gasteiger partial charge >= 0.3 is 0 Å². The van der Waals surface area contributed by atoms with Crippen molar-refractivity contribution in [2.24, 2.45) is 5.92 Å². The highest BCUT2D eigenvalue weighted by atomic mass is 16.5. The van der Waals surface area contributed by atoms with E-state index in [-0.39, 0.29) is 17.4 Å². The van der Waals surface area contributed by atoms with Crippen molar-refractivity contribution in [3.8, 4) is 11.5 Å². The van der Waals surface area contributed by atoms with Crippen LogP contribution in [0.3, 0.4) is 0 Å². The Bertz CT molecular complexity index is 868. The molecule has 4 rings (SSSR count). The van der Waals surface area contributed by atoms with Crippen molar-refractivity contribution in [3.05, 3.63) is 59.7 Å². The lowest BCUT2D eigenvalue weighted by molar-refractivity contribution is -0.117. The molecule has 2 aromatic rings. The van der Waals surface area contributed by atoms with E-state index >= 15 is 0 Å². The van der Waals surface area contributed by atoms with Crippen molar-refractivity contribution >= 4 is 17.7 Å². The van der Waals surface area contributed by atoms with E-state index in [9.17, 15) is 4.79 Å². The van der Waals surface area contributed by atoms with Gasteiger partial charge in [-0.05, 0) is 74.6 Å². The molecule has 0 spiro atoms. The van der Waals surface area contributed by atoms with Crippen LogP contribution in [0.15, 0.2) is 48.5 Å². The first-order valence-electron chi connectivity index (χ1n) is 9.51. The number of ether oxygens (including phenoxy) is 2. The van der Waals surface area contributed by atoms with Crippen molar-refractivity contribution in [1.82, 2.24) is 0 Å². The number of anilines is 1. The molecule has 1 amide bonds. The number of nitrogens with one attached hydrogen (secondary N) is 1. The molecule has 27 heavy (non-hydrogen) atoms. The second-order valence-corrected chi connectivity index (χ2v) is 7.61. The Morgan fingerprint density at radius 3 is 2.70 bits per heavy atom. The van der Waals surface area contributed by atoms with E-state index in [0.29, 0.717) is 0 Å². The second kappa shape index (κ2) is 7.10. The number of carbonyl (C=O) groups excluding carboxylic acids is 1. The first kappa shape index (κ1) is 17.7. The lowest BCUT2D eigenvalue weighted by Crippen LogP contribution is -2.32. The number of hydrogen-bond acceptors (Lipinski definition) is 3. The summed E-state index contributed by atoms with van der Waals surface area (Å²) in [5.41, 5.74) is 2.76. The molecule has 1 aliphatic heterocycles. The summed E-state index contributed by atoms with van der Waals surface area (Å²) in [5.74, 6) is 2.06. The van der Waals surface area contributed by atoms with Gasteiger partial charge in [-0.3, -0.25) is 4.79 Å². The highest BCUT2D eigenvalue weighted by Crippen LogP contribution is 2.36. The minimum atomic E-state index is -0.342. The minimum Gasteiger partial charge on any atom is -0.497 e. The van der Waals surface area contributed by atoms with Gasteiger partial charge in [0.1, 0.15) is 17.1 Å². The molecular weight excluding hydrogens is 338 g/mol. The van der Waals surface area contributed by atoms with Crippen LogP contribution in [0.2, 0.25) is 0 Å². The molecule has 1 atom stereocenters. The number of rotatable bonds is 6. The second-order valence-electron chi connectivity index (χ2n) is 7.61. The van der Waals surface area contributed by atoms with Gasteiger partial charge < -0.3 is 14.8 Å². The van der Waals surface area contributed by atoms with Crippen LogP contribution < -0.4 is 14.8 Å². The van der Waals surface area contributed by atoms with Crippen molar-refractivity contribution in [2.45, 2.75) is 38.2 Å². The zero-order chi connectivity index (χ0) is 18.9. The largest absolute Gasteiger partial charge is 0.497 e. The third-order valence-corrected chi connectivity index (χ3v) is 5.25. The summed E-state index contributed by atoms with van der Waals surface area (Å²) >= 11 is 0. The summed E-state index contributed by atoms with van der Waals surface area (Å²) in [6, 6.07) is 14.0. The standard InChI is InChI=1S/C23H25NO3/c1-23(13-11-16-3-8-20(26-2)9-4-16)14-12-18-15-19(7-10-21(18)27-23)24-22(25)17-5-6-17/h3-4,7-10,12,14-15,17H,5-6,11,13H2,1-2H3,(H,24,25). The number of carbonyl (C=O) groups is 1. The molecule has 2 aromatic carbocycles. The average molecular weight is 363 g/mol. The van der Waals surface area contributed by atoms with Gasteiger partial charge in [0.25, 0.3) is 0 Å².